The predicted molar refractivity (Wildman–Crippen MR) is 96.4 cm³/mol. The van der Waals surface area contributed by atoms with Crippen LogP contribution in [0.5, 0.6) is 11.5 Å². The molecule has 0 aliphatic heterocycles. The van der Waals surface area contributed by atoms with E-state index in [2.05, 4.69) is 0 Å². The average Bonchev–Trinajstić information content (AvgIpc) is 2.99. The molecule has 130 valence electrons. The Balaban J connectivity index is 1.95. The highest BCUT2D eigenvalue weighted by Crippen LogP contribution is 2.38. The van der Waals surface area contributed by atoms with Crippen LogP contribution in [0, 0.1) is 0 Å². The molecule has 3 rings (SSSR count). The number of thiophene rings is 1. The van der Waals surface area contributed by atoms with Crippen LogP contribution in [0.1, 0.15) is 55.6 Å². The lowest BCUT2D eigenvalue weighted by Gasteiger charge is -2.23. The standard InChI is InChI=1S/C19H24O4S/c1-12(2)22-16-9-14(23-13-7-5-4-6-8-13)10-17-15(16)11-18(24-17)19(20)21-3/h9-13H,4-8H2,1-3H3. The van der Waals surface area contributed by atoms with E-state index in [1.165, 1.54) is 37.7 Å². The van der Waals surface area contributed by atoms with Crippen molar-refractivity contribution in [1.82, 2.24) is 0 Å². The van der Waals surface area contributed by atoms with E-state index in [1.807, 2.05) is 32.0 Å². The number of fused-ring (bicyclic) bond motifs is 1. The van der Waals surface area contributed by atoms with Crippen molar-refractivity contribution in [3.63, 3.8) is 0 Å². The zero-order chi connectivity index (χ0) is 17.1. The summed E-state index contributed by atoms with van der Waals surface area (Å²) in [7, 11) is 1.40. The van der Waals surface area contributed by atoms with Gasteiger partial charge in [0.2, 0.25) is 0 Å². The fourth-order valence-corrected chi connectivity index (χ4v) is 4.10. The smallest absolute Gasteiger partial charge is 0.348 e. The van der Waals surface area contributed by atoms with Gasteiger partial charge >= 0.3 is 5.97 Å². The van der Waals surface area contributed by atoms with Crippen molar-refractivity contribution < 1.29 is 19.0 Å². The third-order valence-corrected chi connectivity index (χ3v) is 5.24. The minimum absolute atomic E-state index is 0.0552. The highest BCUT2D eigenvalue weighted by molar-refractivity contribution is 7.20. The van der Waals surface area contributed by atoms with Crippen LogP contribution < -0.4 is 9.47 Å². The van der Waals surface area contributed by atoms with Gasteiger partial charge < -0.3 is 14.2 Å². The van der Waals surface area contributed by atoms with Crippen LogP contribution in [-0.4, -0.2) is 25.3 Å². The molecule has 0 saturated heterocycles. The molecule has 4 nitrogen and oxygen atoms in total. The molecule has 1 aromatic heterocycles. The number of hydrogen-bond acceptors (Lipinski definition) is 5. The molecule has 1 aliphatic carbocycles. The average molecular weight is 348 g/mol. The lowest BCUT2D eigenvalue weighted by atomic mass is 9.98. The lowest BCUT2D eigenvalue weighted by Crippen LogP contribution is -2.19. The van der Waals surface area contributed by atoms with Crippen LogP contribution in [0.2, 0.25) is 0 Å². The van der Waals surface area contributed by atoms with E-state index >= 15 is 0 Å². The van der Waals surface area contributed by atoms with E-state index in [-0.39, 0.29) is 18.2 Å². The zero-order valence-electron chi connectivity index (χ0n) is 14.5. The number of carbonyl (C=O) groups excluding carboxylic acids is 1. The molecule has 0 amide bonds. The van der Waals surface area contributed by atoms with E-state index in [0.717, 1.165) is 34.4 Å². The van der Waals surface area contributed by atoms with Gasteiger partial charge in [0, 0.05) is 16.2 Å². The second kappa shape index (κ2) is 7.43. The first kappa shape index (κ1) is 17.1. The van der Waals surface area contributed by atoms with Crippen LogP contribution in [-0.2, 0) is 4.74 Å². The van der Waals surface area contributed by atoms with Gasteiger partial charge in [0.05, 0.1) is 19.3 Å². The van der Waals surface area contributed by atoms with Crippen LogP contribution >= 0.6 is 11.3 Å². The Labute approximate surface area is 146 Å². The van der Waals surface area contributed by atoms with E-state index in [9.17, 15) is 4.79 Å². The van der Waals surface area contributed by atoms with Crippen LogP contribution in [0.4, 0.5) is 0 Å². The van der Waals surface area contributed by atoms with Gasteiger partial charge in [0.25, 0.3) is 0 Å². The molecule has 24 heavy (non-hydrogen) atoms. The van der Waals surface area contributed by atoms with E-state index in [1.54, 1.807) is 0 Å². The number of ether oxygens (including phenoxy) is 3. The maximum absolute atomic E-state index is 11.8. The predicted octanol–water partition coefficient (Wildman–Crippen LogP) is 5.19. The molecule has 0 atom stereocenters. The minimum Gasteiger partial charge on any atom is -0.490 e. The number of hydrogen-bond donors (Lipinski definition) is 0. The van der Waals surface area contributed by atoms with Gasteiger partial charge in [-0.2, -0.15) is 0 Å². The lowest BCUT2D eigenvalue weighted by molar-refractivity contribution is 0.0606. The van der Waals surface area contributed by atoms with Crippen molar-refractivity contribution in [3.8, 4) is 11.5 Å². The zero-order valence-corrected chi connectivity index (χ0v) is 15.3. The summed E-state index contributed by atoms with van der Waals surface area (Å²) in [6, 6.07) is 5.80. The molecular formula is C19H24O4S. The summed E-state index contributed by atoms with van der Waals surface area (Å²) < 4.78 is 18.0. The molecule has 0 N–H and O–H groups in total. The Kier molecular flexibility index (Phi) is 5.29. The highest BCUT2D eigenvalue weighted by Gasteiger charge is 2.19. The Bertz CT molecular complexity index is 713. The van der Waals surface area contributed by atoms with E-state index in [0.29, 0.717) is 4.88 Å². The molecule has 1 heterocycles. The largest absolute Gasteiger partial charge is 0.490 e. The number of benzene rings is 1. The van der Waals surface area contributed by atoms with E-state index < -0.39 is 0 Å². The van der Waals surface area contributed by atoms with Gasteiger partial charge in [0.1, 0.15) is 16.4 Å². The third-order valence-electron chi connectivity index (χ3n) is 4.18. The van der Waals surface area contributed by atoms with Gasteiger partial charge in [-0.1, -0.05) is 6.42 Å². The first-order valence-corrected chi connectivity index (χ1v) is 9.37. The molecular weight excluding hydrogens is 324 g/mol. The number of carbonyl (C=O) groups is 1. The quantitative estimate of drug-likeness (QED) is 0.698. The Morgan fingerprint density at radius 1 is 1.17 bits per heavy atom. The van der Waals surface area contributed by atoms with Crippen molar-refractivity contribution in [2.75, 3.05) is 7.11 Å². The van der Waals surface area contributed by atoms with Crippen molar-refractivity contribution in [2.24, 2.45) is 0 Å². The Morgan fingerprint density at radius 3 is 2.58 bits per heavy atom. The summed E-state index contributed by atoms with van der Waals surface area (Å²) in [5.74, 6) is 1.27. The SMILES string of the molecule is COC(=O)c1cc2c(OC(C)C)cc(OC3CCCCC3)cc2s1. The fourth-order valence-electron chi connectivity index (χ4n) is 3.08. The second-order valence-electron chi connectivity index (χ2n) is 6.48. The Morgan fingerprint density at radius 2 is 1.92 bits per heavy atom. The summed E-state index contributed by atoms with van der Waals surface area (Å²) in [5, 5.41) is 0.935. The number of methoxy groups -OCH3 is 1. The normalized spacial score (nSPS) is 15.7. The molecule has 1 aromatic carbocycles. The van der Waals surface area contributed by atoms with Gasteiger partial charge in [-0.15, -0.1) is 11.3 Å². The molecule has 0 radical (unpaired) electrons. The van der Waals surface area contributed by atoms with Gasteiger partial charge in [-0.25, -0.2) is 4.79 Å². The van der Waals surface area contributed by atoms with Gasteiger partial charge in [-0.05, 0) is 51.7 Å². The molecule has 1 aliphatic rings. The fraction of sp³-hybridized carbons (Fsp3) is 0.526. The first-order valence-electron chi connectivity index (χ1n) is 8.56. The maximum atomic E-state index is 11.8. The van der Waals surface area contributed by atoms with Crippen molar-refractivity contribution in [1.29, 1.82) is 0 Å². The van der Waals surface area contributed by atoms with Crippen LogP contribution in [0.15, 0.2) is 18.2 Å². The molecule has 5 heteroatoms. The van der Waals surface area contributed by atoms with E-state index in [4.69, 9.17) is 14.2 Å². The summed E-state index contributed by atoms with van der Waals surface area (Å²) in [6.07, 6.45) is 6.31. The van der Waals surface area contributed by atoms with Crippen LogP contribution in [0.25, 0.3) is 10.1 Å². The number of rotatable bonds is 5. The monoisotopic (exact) mass is 348 g/mol. The molecule has 2 aromatic rings. The third kappa shape index (κ3) is 3.83. The molecule has 0 bridgehead atoms. The van der Waals surface area contributed by atoms with Gasteiger partial charge in [-0.3, -0.25) is 0 Å². The summed E-state index contributed by atoms with van der Waals surface area (Å²) in [6.45, 7) is 3.99. The van der Waals surface area contributed by atoms with Gasteiger partial charge in [0.15, 0.2) is 0 Å². The highest BCUT2D eigenvalue weighted by atomic mass is 32.1. The topological polar surface area (TPSA) is 44.8 Å². The molecule has 1 saturated carbocycles. The second-order valence-corrected chi connectivity index (χ2v) is 7.56. The van der Waals surface area contributed by atoms with Crippen molar-refractivity contribution >= 4 is 27.4 Å². The maximum Gasteiger partial charge on any atom is 0.348 e. The minimum atomic E-state index is -0.318. The van der Waals surface area contributed by atoms with Crippen LogP contribution in [0.3, 0.4) is 0 Å². The van der Waals surface area contributed by atoms with Crippen molar-refractivity contribution in [3.05, 3.63) is 23.1 Å². The summed E-state index contributed by atoms with van der Waals surface area (Å²) in [4.78, 5) is 12.4. The first-order chi connectivity index (χ1) is 11.6. The molecule has 0 spiro atoms. The van der Waals surface area contributed by atoms with Crippen molar-refractivity contribution in [2.45, 2.75) is 58.2 Å². The molecule has 0 unspecified atom stereocenters. The summed E-state index contributed by atoms with van der Waals surface area (Å²) >= 11 is 1.41. The summed E-state index contributed by atoms with van der Waals surface area (Å²) in [5.41, 5.74) is 0. The molecule has 1 fully saturated rings. The Hall–Kier alpha value is -1.75. The number of esters is 1.